The molecule has 0 radical (unpaired) electrons. The van der Waals surface area contributed by atoms with Crippen LogP contribution in [0.5, 0.6) is 0 Å². The number of benzene rings is 1. The quantitative estimate of drug-likeness (QED) is 0.875. The van der Waals surface area contributed by atoms with Gasteiger partial charge in [-0.2, -0.15) is 0 Å². The molecule has 1 heterocycles. The standard InChI is InChI=1S/C10H7BrClN3/c11-8-5-14-10(15-9(8)13)6-2-1-3-7(12)4-6/h1-5H,(H2,13,14,15). The highest BCUT2D eigenvalue weighted by molar-refractivity contribution is 9.10. The Labute approximate surface area is 100 Å². The van der Waals surface area contributed by atoms with Crippen molar-refractivity contribution in [2.75, 3.05) is 5.73 Å². The number of hydrogen-bond acceptors (Lipinski definition) is 3. The molecule has 0 spiro atoms. The van der Waals surface area contributed by atoms with E-state index < -0.39 is 0 Å². The van der Waals surface area contributed by atoms with Gasteiger partial charge in [0.1, 0.15) is 5.82 Å². The van der Waals surface area contributed by atoms with Crippen molar-refractivity contribution < 1.29 is 0 Å². The van der Waals surface area contributed by atoms with Crippen LogP contribution in [0.2, 0.25) is 5.02 Å². The van der Waals surface area contributed by atoms with E-state index >= 15 is 0 Å². The SMILES string of the molecule is Nc1nc(-c2cccc(Cl)c2)ncc1Br. The fourth-order valence-electron chi connectivity index (χ4n) is 1.15. The van der Waals surface area contributed by atoms with Crippen molar-refractivity contribution in [3.8, 4) is 11.4 Å². The fraction of sp³-hybridized carbons (Fsp3) is 0. The molecule has 76 valence electrons. The first-order valence-corrected chi connectivity index (χ1v) is 5.38. The lowest BCUT2D eigenvalue weighted by atomic mass is 10.2. The first-order chi connectivity index (χ1) is 7.16. The van der Waals surface area contributed by atoms with Crippen LogP contribution in [0.1, 0.15) is 0 Å². The third-order valence-electron chi connectivity index (χ3n) is 1.85. The summed E-state index contributed by atoms with van der Waals surface area (Å²) in [6.45, 7) is 0. The highest BCUT2D eigenvalue weighted by Gasteiger charge is 2.04. The lowest BCUT2D eigenvalue weighted by molar-refractivity contribution is 1.17. The molecule has 0 bridgehead atoms. The number of nitrogens with two attached hydrogens (primary N) is 1. The van der Waals surface area contributed by atoms with E-state index in [2.05, 4.69) is 25.9 Å². The zero-order chi connectivity index (χ0) is 10.8. The molecule has 1 aromatic carbocycles. The topological polar surface area (TPSA) is 51.8 Å². The Kier molecular flexibility index (Phi) is 2.88. The van der Waals surface area contributed by atoms with Gasteiger partial charge in [-0.25, -0.2) is 9.97 Å². The Morgan fingerprint density at radius 3 is 2.80 bits per heavy atom. The first-order valence-electron chi connectivity index (χ1n) is 4.21. The smallest absolute Gasteiger partial charge is 0.161 e. The molecule has 0 fully saturated rings. The summed E-state index contributed by atoms with van der Waals surface area (Å²) in [5.74, 6) is 0.984. The van der Waals surface area contributed by atoms with Gasteiger partial charge in [-0.3, -0.25) is 0 Å². The molecule has 0 atom stereocenters. The van der Waals surface area contributed by atoms with E-state index in [0.29, 0.717) is 21.1 Å². The number of nitrogen functional groups attached to an aromatic ring is 1. The molecule has 0 unspecified atom stereocenters. The minimum Gasteiger partial charge on any atom is -0.383 e. The third-order valence-corrected chi connectivity index (χ3v) is 2.70. The predicted molar refractivity (Wildman–Crippen MR) is 64.6 cm³/mol. The van der Waals surface area contributed by atoms with Crippen LogP contribution in [-0.2, 0) is 0 Å². The molecule has 0 aliphatic carbocycles. The molecule has 2 N–H and O–H groups in total. The minimum absolute atomic E-state index is 0.417. The molecule has 2 rings (SSSR count). The highest BCUT2D eigenvalue weighted by Crippen LogP contribution is 2.22. The molecule has 0 aliphatic rings. The van der Waals surface area contributed by atoms with Gasteiger partial charge in [-0.05, 0) is 28.1 Å². The van der Waals surface area contributed by atoms with Gasteiger partial charge in [-0.15, -0.1) is 0 Å². The van der Waals surface area contributed by atoms with Crippen LogP contribution < -0.4 is 5.73 Å². The van der Waals surface area contributed by atoms with Crippen LogP contribution in [0.4, 0.5) is 5.82 Å². The van der Waals surface area contributed by atoms with E-state index in [1.165, 1.54) is 0 Å². The van der Waals surface area contributed by atoms with Crippen molar-refractivity contribution in [1.82, 2.24) is 9.97 Å². The molecule has 3 nitrogen and oxygen atoms in total. The summed E-state index contributed by atoms with van der Waals surface area (Å²) in [5, 5.41) is 0.651. The van der Waals surface area contributed by atoms with E-state index in [1.54, 1.807) is 18.3 Å². The van der Waals surface area contributed by atoms with Gasteiger partial charge in [0, 0.05) is 16.8 Å². The van der Waals surface area contributed by atoms with E-state index in [4.69, 9.17) is 17.3 Å². The molecular formula is C10H7BrClN3. The van der Waals surface area contributed by atoms with Crippen LogP contribution in [0.15, 0.2) is 34.9 Å². The van der Waals surface area contributed by atoms with Gasteiger partial charge in [-0.1, -0.05) is 23.7 Å². The lowest BCUT2D eigenvalue weighted by Gasteiger charge is -2.02. The van der Waals surface area contributed by atoms with Crippen LogP contribution in [0, 0.1) is 0 Å². The number of hydrogen-bond donors (Lipinski definition) is 1. The molecule has 2 aromatic rings. The monoisotopic (exact) mass is 283 g/mol. The highest BCUT2D eigenvalue weighted by atomic mass is 79.9. The van der Waals surface area contributed by atoms with E-state index in [-0.39, 0.29) is 0 Å². The summed E-state index contributed by atoms with van der Waals surface area (Å²) in [7, 11) is 0. The number of nitrogens with zero attached hydrogens (tertiary/aromatic N) is 2. The number of aromatic nitrogens is 2. The summed E-state index contributed by atoms with van der Waals surface area (Å²) >= 11 is 9.11. The molecule has 1 aromatic heterocycles. The molecule has 0 saturated heterocycles. The van der Waals surface area contributed by atoms with Crippen LogP contribution in [0.3, 0.4) is 0 Å². The average Bonchev–Trinajstić information content (AvgIpc) is 2.22. The van der Waals surface area contributed by atoms with Crippen LogP contribution >= 0.6 is 27.5 Å². The summed E-state index contributed by atoms with van der Waals surface area (Å²) in [5.41, 5.74) is 6.51. The maximum Gasteiger partial charge on any atom is 0.161 e. The number of halogens is 2. The zero-order valence-corrected chi connectivity index (χ0v) is 9.96. The van der Waals surface area contributed by atoms with Gasteiger partial charge in [0.05, 0.1) is 4.47 Å². The lowest BCUT2D eigenvalue weighted by Crippen LogP contribution is -1.96. The van der Waals surface area contributed by atoms with Crippen molar-refractivity contribution >= 4 is 33.3 Å². The molecular weight excluding hydrogens is 277 g/mol. The predicted octanol–water partition coefficient (Wildman–Crippen LogP) is 3.14. The second-order valence-corrected chi connectivity index (χ2v) is 4.23. The minimum atomic E-state index is 0.417. The second kappa shape index (κ2) is 4.16. The number of rotatable bonds is 1. The van der Waals surface area contributed by atoms with Gasteiger partial charge in [0.15, 0.2) is 5.82 Å². The Morgan fingerprint density at radius 1 is 1.33 bits per heavy atom. The molecule has 0 amide bonds. The normalized spacial score (nSPS) is 10.3. The van der Waals surface area contributed by atoms with Gasteiger partial charge >= 0.3 is 0 Å². The number of anilines is 1. The first kappa shape index (κ1) is 10.4. The Bertz CT molecular complexity index is 502. The van der Waals surface area contributed by atoms with Crippen molar-refractivity contribution in [2.24, 2.45) is 0 Å². The largest absolute Gasteiger partial charge is 0.383 e. The molecule has 15 heavy (non-hydrogen) atoms. The van der Waals surface area contributed by atoms with Crippen molar-refractivity contribution in [3.63, 3.8) is 0 Å². The maximum absolute atomic E-state index is 5.87. The Hall–Kier alpha value is -1.13. The summed E-state index contributed by atoms with van der Waals surface area (Å²) in [6, 6.07) is 7.32. The van der Waals surface area contributed by atoms with Gasteiger partial charge < -0.3 is 5.73 Å². The zero-order valence-electron chi connectivity index (χ0n) is 7.61. The van der Waals surface area contributed by atoms with E-state index in [0.717, 1.165) is 5.56 Å². The fourth-order valence-corrected chi connectivity index (χ4v) is 1.53. The van der Waals surface area contributed by atoms with Gasteiger partial charge in [0.25, 0.3) is 0 Å². The van der Waals surface area contributed by atoms with Crippen LogP contribution in [-0.4, -0.2) is 9.97 Å². The van der Waals surface area contributed by atoms with Crippen molar-refractivity contribution in [3.05, 3.63) is 40.0 Å². The summed E-state index contributed by atoms with van der Waals surface area (Å²) in [6.07, 6.45) is 1.62. The van der Waals surface area contributed by atoms with Crippen LogP contribution in [0.25, 0.3) is 11.4 Å². The summed E-state index contributed by atoms with van der Waals surface area (Å²) < 4.78 is 0.688. The maximum atomic E-state index is 5.87. The Morgan fingerprint density at radius 2 is 2.13 bits per heavy atom. The summed E-state index contributed by atoms with van der Waals surface area (Å²) in [4.78, 5) is 8.30. The van der Waals surface area contributed by atoms with Crippen molar-refractivity contribution in [1.29, 1.82) is 0 Å². The molecule has 0 aliphatic heterocycles. The van der Waals surface area contributed by atoms with E-state index in [1.807, 2.05) is 12.1 Å². The van der Waals surface area contributed by atoms with Crippen molar-refractivity contribution in [2.45, 2.75) is 0 Å². The molecule has 5 heteroatoms. The second-order valence-electron chi connectivity index (χ2n) is 2.94. The third kappa shape index (κ3) is 2.27. The van der Waals surface area contributed by atoms with Gasteiger partial charge in [0.2, 0.25) is 0 Å². The molecule has 0 saturated carbocycles. The Balaban J connectivity index is 2.50. The average molecular weight is 285 g/mol. The van der Waals surface area contributed by atoms with E-state index in [9.17, 15) is 0 Å².